The highest BCUT2D eigenvalue weighted by molar-refractivity contribution is 6.34. The second kappa shape index (κ2) is 6.07. The molecule has 1 fully saturated rings. The molecule has 5 nitrogen and oxygen atoms in total. The Labute approximate surface area is 124 Å². The van der Waals surface area contributed by atoms with E-state index in [4.69, 9.17) is 23.2 Å². The van der Waals surface area contributed by atoms with Crippen LogP contribution in [0.3, 0.4) is 0 Å². The lowest BCUT2D eigenvalue weighted by Gasteiger charge is -2.10. The van der Waals surface area contributed by atoms with Crippen LogP contribution in [0.25, 0.3) is 6.08 Å². The van der Waals surface area contributed by atoms with Crippen molar-refractivity contribution in [2.45, 2.75) is 12.8 Å². The number of imide groups is 1. The first-order chi connectivity index (χ1) is 9.45. The van der Waals surface area contributed by atoms with Crippen LogP contribution in [0, 0.1) is 0 Å². The van der Waals surface area contributed by atoms with Gasteiger partial charge in [0, 0.05) is 29.0 Å². The fraction of sp³-hybridized carbons (Fsp3) is 0.154. The van der Waals surface area contributed by atoms with E-state index in [1.807, 2.05) is 0 Å². The molecule has 0 aromatic heterocycles. The van der Waals surface area contributed by atoms with Crippen molar-refractivity contribution in [3.05, 3.63) is 39.9 Å². The van der Waals surface area contributed by atoms with E-state index >= 15 is 0 Å². The SMILES string of the molecule is O=C(C=Cc1cc(Cl)cc(Cl)c1)ON1C(=O)CCC1=O. The summed E-state index contributed by atoms with van der Waals surface area (Å²) in [5.74, 6) is -1.88. The quantitative estimate of drug-likeness (QED) is 0.635. The molecule has 1 aliphatic heterocycles. The molecule has 0 N–H and O–H groups in total. The highest BCUT2D eigenvalue weighted by Crippen LogP contribution is 2.20. The van der Waals surface area contributed by atoms with Gasteiger partial charge in [-0.25, -0.2) is 4.79 Å². The van der Waals surface area contributed by atoms with Crippen molar-refractivity contribution in [3.8, 4) is 0 Å². The highest BCUT2D eigenvalue weighted by Gasteiger charge is 2.32. The first-order valence-corrected chi connectivity index (χ1v) is 6.43. The number of amides is 2. The largest absolute Gasteiger partial charge is 0.356 e. The van der Waals surface area contributed by atoms with E-state index in [0.717, 1.165) is 6.08 Å². The van der Waals surface area contributed by atoms with Crippen molar-refractivity contribution in [1.82, 2.24) is 5.06 Å². The molecular formula is C13H9Cl2NO4. The molecule has 2 amide bonds. The van der Waals surface area contributed by atoms with Crippen molar-refractivity contribution in [3.63, 3.8) is 0 Å². The van der Waals surface area contributed by atoms with Gasteiger partial charge in [0.1, 0.15) is 0 Å². The smallest absolute Gasteiger partial charge is 0.326 e. The van der Waals surface area contributed by atoms with Gasteiger partial charge in [-0.1, -0.05) is 23.2 Å². The summed E-state index contributed by atoms with van der Waals surface area (Å²) in [6, 6.07) is 4.76. The van der Waals surface area contributed by atoms with Crippen LogP contribution in [0.2, 0.25) is 10.0 Å². The normalized spacial score (nSPS) is 15.2. The Morgan fingerprint density at radius 3 is 2.20 bits per heavy atom. The first-order valence-electron chi connectivity index (χ1n) is 5.67. The third-order valence-electron chi connectivity index (χ3n) is 2.48. The highest BCUT2D eigenvalue weighted by atomic mass is 35.5. The maximum atomic E-state index is 11.5. The number of hydrogen-bond donors (Lipinski definition) is 0. The van der Waals surface area contributed by atoms with Crippen molar-refractivity contribution in [1.29, 1.82) is 0 Å². The molecule has 20 heavy (non-hydrogen) atoms. The van der Waals surface area contributed by atoms with Gasteiger partial charge in [-0.2, -0.15) is 0 Å². The third-order valence-corrected chi connectivity index (χ3v) is 2.92. The van der Waals surface area contributed by atoms with E-state index in [2.05, 4.69) is 4.84 Å². The van der Waals surface area contributed by atoms with Crippen LogP contribution in [-0.4, -0.2) is 22.8 Å². The van der Waals surface area contributed by atoms with Crippen LogP contribution in [0.1, 0.15) is 18.4 Å². The topological polar surface area (TPSA) is 63.7 Å². The molecule has 0 atom stereocenters. The van der Waals surface area contributed by atoms with Gasteiger partial charge in [0.2, 0.25) is 0 Å². The van der Waals surface area contributed by atoms with Gasteiger partial charge in [0.05, 0.1) is 0 Å². The van der Waals surface area contributed by atoms with Gasteiger partial charge in [0.15, 0.2) is 0 Å². The Bertz CT molecular complexity index is 576. The summed E-state index contributed by atoms with van der Waals surface area (Å²) in [5, 5.41) is 1.34. The van der Waals surface area contributed by atoms with Gasteiger partial charge in [-0.15, -0.1) is 5.06 Å². The van der Waals surface area contributed by atoms with Crippen molar-refractivity contribution in [2.24, 2.45) is 0 Å². The van der Waals surface area contributed by atoms with Gasteiger partial charge < -0.3 is 4.84 Å². The molecule has 2 rings (SSSR count). The second-order valence-corrected chi connectivity index (χ2v) is 4.90. The molecule has 0 saturated carbocycles. The molecule has 1 heterocycles. The average Bonchev–Trinajstić information content (AvgIpc) is 2.67. The molecule has 104 valence electrons. The van der Waals surface area contributed by atoms with E-state index < -0.39 is 17.8 Å². The summed E-state index contributed by atoms with van der Waals surface area (Å²) in [6.45, 7) is 0. The number of carbonyl (C=O) groups is 3. The van der Waals surface area contributed by atoms with E-state index in [1.54, 1.807) is 18.2 Å². The van der Waals surface area contributed by atoms with E-state index in [9.17, 15) is 14.4 Å². The van der Waals surface area contributed by atoms with E-state index in [0.29, 0.717) is 20.7 Å². The molecule has 1 aromatic carbocycles. The number of benzene rings is 1. The number of halogens is 2. The zero-order chi connectivity index (χ0) is 14.7. The molecule has 0 aliphatic carbocycles. The minimum Gasteiger partial charge on any atom is -0.326 e. The van der Waals surface area contributed by atoms with Crippen LogP contribution in [-0.2, 0) is 19.2 Å². The minimum absolute atomic E-state index is 0.0553. The lowest BCUT2D eigenvalue weighted by Crippen LogP contribution is -2.31. The number of carbonyl (C=O) groups excluding carboxylic acids is 3. The molecule has 0 radical (unpaired) electrons. The van der Waals surface area contributed by atoms with Crippen LogP contribution in [0.4, 0.5) is 0 Å². The number of hydroxylamine groups is 2. The lowest BCUT2D eigenvalue weighted by molar-refractivity contribution is -0.193. The van der Waals surface area contributed by atoms with E-state index in [-0.39, 0.29) is 12.8 Å². The van der Waals surface area contributed by atoms with Crippen LogP contribution in [0.15, 0.2) is 24.3 Å². The van der Waals surface area contributed by atoms with Crippen LogP contribution >= 0.6 is 23.2 Å². The maximum Gasteiger partial charge on any atom is 0.356 e. The summed E-state index contributed by atoms with van der Waals surface area (Å²) >= 11 is 11.6. The molecule has 0 spiro atoms. The molecule has 1 saturated heterocycles. The van der Waals surface area contributed by atoms with Crippen molar-refractivity contribution >= 4 is 47.1 Å². The molecular weight excluding hydrogens is 305 g/mol. The number of hydrogen-bond acceptors (Lipinski definition) is 4. The summed E-state index contributed by atoms with van der Waals surface area (Å²) in [6.07, 6.45) is 2.62. The zero-order valence-corrected chi connectivity index (χ0v) is 11.6. The second-order valence-electron chi connectivity index (χ2n) is 4.03. The van der Waals surface area contributed by atoms with Gasteiger partial charge in [0.25, 0.3) is 11.8 Å². The molecule has 1 aliphatic rings. The maximum absolute atomic E-state index is 11.5. The van der Waals surface area contributed by atoms with Crippen LogP contribution < -0.4 is 0 Å². The third kappa shape index (κ3) is 3.59. The minimum atomic E-state index is -0.829. The first kappa shape index (κ1) is 14.6. The fourth-order valence-corrected chi connectivity index (χ4v) is 2.16. The van der Waals surface area contributed by atoms with E-state index in [1.165, 1.54) is 6.08 Å². The Kier molecular flexibility index (Phi) is 4.42. The Morgan fingerprint density at radius 2 is 1.65 bits per heavy atom. The van der Waals surface area contributed by atoms with Crippen molar-refractivity contribution < 1.29 is 19.2 Å². The lowest BCUT2D eigenvalue weighted by atomic mass is 10.2. The summed E-state index contributed by atoms with van der Waals surface area (Å²) in [5.41, 5.74) is 0.596. The van der Waals surface area contributed by atoms with Gasteiger partial charge in [-0.3, -0.25) is 9.59 Å². The standard InChI is InChI=1S/C13H9Cl2NO4/c14-9-5-8(6-10(15)7-9)1-4-13(19)20-16-11(17)2-3-12(16)18/h1,4-7H,2-3H2. The molecule has 7 heteroatoms. The Balaban J connectivity index is 2.02. The molecule has 1 aromatic rings. The zero-order valence-electron chi connectivity index (χ0n) is 10.1. The van der Waals surface area contributed by atoms with Gasteiger partial charge >= 0.3 is 5.97 Å². The Morgan fingerprint density at radius 1 is 1.10 bits per heavy atom. The predicted molar refractivity (Wildman–Crippen MR) is 72.7 cm³/mol. The van der Waals surface area contributed by atoms with Crippen molar-refractivity contribution in [2.75, 3.05) is 0 Å². The fourth-order valence-electron chi connectivity index (χ4n) is 1.61. The van der Waals surface area contributed by atoms with Crippen LogP contribution in [0.5, 0.6) is 0 Å². The summed E-state index contributed by atoms with van der Waals surface area (Å²) in [4.78, 5) is 38.7. The van der Waals surface area contributed by atoms with Gasteiger partial charge in [-0.05, 0) is 29.8 Å². The summed E-state index contributed by atoms with van der Waals surface area (Å²) in [7, 11) is 0. The summed E-state index contributed by atoms with van der Waals surface area (Å²) < 4.78 is 0. The molecule has 0 unspecified atom stereocenters. The monoisotopic (exact) mass is 313 g/mol. The predicted octanol–water partition coefficient (Wildman–Crippen LogP) is 2.61. The number of rotatable bonds is 3. The number of nitrogens with zero attached hydrogens (tertiary/aromatic N) is 1. The Hall–Kier alpha value is -1.85. The molecule has 0 bridgehead atoms. The average molecular weight is 314 g/mol.